The van der Waals surface area contributed by atoms with Gasteiger partial charge in [-0.05, 0) is 67.1 Å². The molecule has 3 aromatic carbocycles. The Bertz CT molecular complexity index is 1560. The summed E-state index contributed by atoms with van der Waals surface area (Å²) in [5.41, 5.74) is 3.68. The van der Waals surface area contributed by atoms with Gasteiger partial charge in [-0.2, -0.15) is 0 Å². The molecule has 0 radical (unpaired) electrons. The van der Waals surface area contributed by atoms with Gasteiger partial charge in [-0.15, -0.1) is 18.3 Å². The molecule has 12 heteroatoms. The number of carbonyl (C=O) groups is 1. The second kappa shape index (κ2) is 10.1. The van der Waals surface area contributed by atoms with E-state index in [2.05, 4.69) is 30.4 Å². The molecule has 0 unspecified atom stereocenters. The highest BCUT2D eigenvalue weighted by Crippen LogP contribution is 2.24. The van der Waals surface area contributed by atoms with Crippen molar-refractivity contribution >= 4 is 17.7 Å². The fourth-order valence-electron chi connectivity index (χ4n) is 3.71. The van der Waals surface area contributed by atoms with Gasteiger partial charge in [0.05, 0.1) is 11.4 Å². The maximum Gasteiger partial charge on any atom is 0.573 e. The van der Waals surface area contributed by atoms with Crippen molar-refractivity contribution in [3.63, 3.8) is 0 Å². The molecule has 0 aliphatic rings. The molecule has 0 fully saturated rings. The minimum Gasteiger partial charge on any atom is -0.406 e. The van der Waals surface area contributed by atoms with Crippen LogP contribution in [0.15, 0.2) is 91.5 Å². The fourth-order valence-corrected chi connectivity index (χ4v) is 3.71. The summed E-state index contributed by atoms with van der Waals surface area (Å²) in [6.07, 6.45) is 0.0650. The van der Waals surface area contributed by atoms with Gasteiger partial charge in [0, 0.05) is 23.6 Å². The van der Waals surface area contributed by atoms with E-state index in [9.17, 15) is 18.0 Å². The summed E-state index contributed by atoms with van der Waals surface area (Å²) >= 11 is 0. The van der Waals surface area contributed by atoms with Crippen LogP contribution in [-0.4, -0.2) is 36.7 Å². The van der Waals surface area contributed by atoms with Crippen LogP contribution in [0.1, 0.15) is 5.56 Å². The summed E-state index contributed by atoms with van der Waals surface area (Å²) in [6, 6.07) is 19.5. The SMILES string of the molecule is Cc1ccccc1-n1ccnc1NC(=O)Nc1ccc(-c2ncn(-c3ccc(OC(F)(F)F)cc3)n2)cc1. The number of carbonyl (C=O) groups excluding carboxylic acids is 1. The van der Waals surface area contributed by atoms with Crippen molar-refractivity contribution < 1.29 is 22.7 Å². The van der Waals surface area contributed by atoms with E-state index in [1.807, 2.05) is 31.2 Å². The molecule has 5 aromatic rings. The summed E-state index contributed by atoms with van der Waals surface area (Å²) in [5.74, 6) is 0.450. The van der Waals surface area contributed by atoms with Gasteiger partial charge in [-0.25, -0.2) is 19.4 Å². The van der Waals surface area contributed by atoms with Gasteiger partial charge in [0.2, 0.25) is 5.95 Å². The Hall–Kier alpha value is -5.13. The van der Waals surface area contributed by atoms with Crippen molar-refractivity contribution in [1.29, 1.82) is 0 Å². The van der Waals surface area contributed by atoms with Gasteiger partial charge in [0.15, 0.2) is 5.82 Å². The number of amides is 2. The summed E-state index contributed by atoms with van der Waals surface area (Å²) in [7, 11) is 0. The van der Waals surface area contributed by atoms with Crippen molar-refractivity contribution in [1.82, 2.24) is 24.3 Å². The first-order chi connectivity index (χ1) is 18.2. The molecule has 0 aliphatic heterocycles. The quantitative estimate of drug-likeness (QED) is 0.288. The Morgan fingerprint density at radius 1 is 0.921 bits per heavy atom. The lowest BCUT2D eigenvalue weighted by atomic mass is 10.2. The van der Waals surface area contributed by atoms with Gasteiger partial charge in [-0.1, -0.05) is 18.2 Å². The number of imidazole rings is 1. The second-order valence-electron chi connectivity index (χ2n) is 8.12. The summed E-state index contributed by atoms with van der Waals surface area (Å²) in [4.78, 5) is 21.1. The molecule has 2 N–H and O–H groups in total. The van der Waals surface area contributed by atoms with E-state index in [1.54, 1.807) is 41.2 Å². The van der Waals surface area contributed by atoms with Crippen LogP contribution in [0.3, 0.4) is 0 Å². The molecule has 5 rings (SSSR count). The maximum absolute atomic E-state index is 12.6. The molecular formula is C26H20F3N7O2. The standard InChI is InChI=1S/C26H20F3N7O2/c1-17-4-2-3-5-22(17)35-15-14-30-24(35)33-25(37)32-19-8-6-18(7-9-19)23-31-16-36(34-23)20-10-12-21(13-11-20)38-26(27,28)29/h2-16H,1H3,(H2,30,32,33,37). The van der Waals surface area contributed by atoms with Gasteiger partial charge in [0.25, 0.3) is 0 Å². The van der Waals surface area contributed by atoms with Crippen LogP contribution in [0.5, 0.6) is 5.75 Å². The van der Waals surface area contributed by atoms with E-state index >= 15 is 0 Å². The monoisotopic (exact) mass is 519 g/mol. The first-order valence-electron chi connectivity index (χ1n) is 11.3. The number of halogens is 3. The van der Waals surface area contributed by atoms with Crippen molar-refractivity contribution in [2.24, 2.45) is 0 Å². The summed E-state index contributed by atoms with van der Waals surface area (Å²) < 4.78 is 44.2. The van der Waals surface area contributed by atoms with Gasteiger partial charge in [0.1, 0.15) is 12.1 Å². The molecule has 0 aliphatic carbocycles. The predicted octanol–water partition coefficient (Wildman–Crippen LogP) is 5.97. The number of aryl methyl sites for hydroxylation is 1. The zero-order valence-corrected chi connectivity index (χ0v) is 19.8. The van der Waals surface area contributed by atoms with E-state index in [0.29, 0.717) is 28.7 Å². The third kappa shape index (κ3) is 5.64. The molecular weight excluding hydrogens is 499 g/mol. The number of ether oxygens (including phenoxy) is 1. The van der Waals surface area contributed by atoms with E-state index in [-0.39, 0.29) is 5.75 Å². The number of nitrogens with zero attached hydrogens (tertiary/aromatic N) is 5. The van der Waals surface area contributed by atoms with Crippen LogP contribution in [0.4, 0.5) is 29.6 Å². The normalized spacial score (nSPS) is 11.3. The van der Waals surface area contributed by atoms with Crippen molar-refractivity contribution in [2.75, 3.05) is 10.6 Å². The Kier molecular flexibility index (Phi) is 6.52. The number of urea groups is 1. The minimum absolute atomic E-state index is 0.326. The number of alkyl halides is 3. The van der Waals surface area contributed by atoms with Crippen LogP contribution in [0.25, 0.3) is 22.8 Å². The Morgan fingerprint density at radius 2 is 1.66 bits per heavy atom. The molecule has 0 bridgehead atoms. The molecule has 192 valence electrons. The lowest BCUT2D eigenvalue weighted by molar-refractivity contribution is -0.274. The molecule has 2 amide bonds. The van der Waals surface area contributed by atoms with E-state index in [0.717, 1.165) is 11.3 Å². The number of hydrogen-bond acceptors (Lipinski definition) is 5. The number of para-hydroxylation sites is 1. The minimum atomic E-state index is -4.76. The predicted molar refractivity (Wildman–Crippen MR) is 134 cm³/mol. The van der Waals surface area contributed by atoms with Gasteiger partial charge >= 0.3 is 12.4 Å². The molecule has 0 saturated carbocycles. The number of benzene rings is 3. The average molecular weight is 519 g/mol. The van der Waals surface area contributed by atoms with Crippen LogP contribution in [0, 0.1) is 6.92 Å². The third-order valence-corrected chi connectivity index (χ3v) is 5.47. The van der Waals surface area contributed by atoms with E-state index < -0.39 is 12.4 Å². The highest BCUT2D eigenvalue weighted by molar-refractivity contribution is 5.99. The molecule has 9 nitrogen and oxygen atoms in total. The van der Waals surface area contributed by atoms with Crippen molar-refractivity contribution in [3.05, 3.63) is 97.1 Å². The first kappa shape index (κ1) is 24.6. The van der Waals surface area contributed by atoms with E-state index in [1.165, 1.54) is 35.3 Å². The largest absolute Gasteiger partial charge is 0.573 e. The molecule has 0 atom stereocenters. The topological polar surface area (TPSA) is 98.9 Å². The highest BCUT2D eigenvalue weighted by atomic mass is 19.4. The fraction of sp³-hybridized carbons (Fsp3) is 0.0769. The number of anilines is 2. The lowest BCUT2D eigenvalue weighted by Crippen LogP contribution is -2.21. The van der Waals surface area contributed by atoms with Crippen LogP contribution >= 0.6 is 0 Å². The van der Waals surface area contributed by atoms with Gasteiger partial charge in [-0.3, -0.25) is 9.88 Å². The Morgan fingerprint density at radius 3 is 2.37 bits per heavy atom. The van der Waals surface area contributed by atoms with Gasteiger partial charge < -0.3 is 10.1 Å². The zero-order chi connectivity index (χ0) is 26.7. The van der Waals surface area contributed by atoms with Crippen molar-refractivity contribution in [2.45, 2.75) is 13.3 Å². The van der Waals surface area contributed by atoms with Crippen LogP contribution < -0.4 is 15.4 Å². The second-order valence-corrected chi connectivity index (χ2v) is 8.12. The first-order valence-corrected chi connectivity index (χ1v) is 11.3. The molecule has 0 saturated heterocycles. The van der Waals surface area contributed by atoms with Crippen LogP contribution in [0.2, 0.25) is 0 Å². The number of aromatic nitrogens is 5. The summed E-state index contributed by atoms with van der Waals surface area (Å²) in [6.45, 7) is 1.97. The number of rotatable bonds is 6. The Balaban J connectivity index is 1.23. The number of hydrogen-bond donors (Lipinski definition) is 2. The maximum atomic E-state index is 12.6. The molecule has 38 heavy (non-hydrogen) atoms. The zero-order valence-electron chi connectivity index (χ0n) is 19.8. The molecule has 2 aromatic heterocycles. The molecule has 2 heterocycles. The van der Waals surface area contributed by atoms with Crippen LogP contribution in [-0.2, 0) is 0 Å². The third-order valence-electron chi connectivity index (χ3n) is 5.47. The average Bonchev–Trinajstić information content (AvgIpc) is 3.55. The van der Waals surface area contributed by atoms with Crippen molar-refractivity contribution in [3.8, 4) is 28.5 Å². The molecule has 0 spiro atoms. The highest BCUT2D eigenvalue weighted by Gasteiger charge is 2.31. The lowest BCUT2D eigenvalue weighted by Gasteiger charge is -2.12. The summed E-state index contributed by atoms with van der Waals surface area (Å²) in [5, 5.41) is 9.89. The number of nitrogens with one attached hydrogen (secondary N) is 2. The van der Waals surface area contributed by atoms with E-state index in [4.69, 9.17) is 0 Å². The Labute approximate surface area is 214 Å². The smallest absolute Gasteiger partial charge is 0.406 e.